The number of carbonyl (C=O) groups excluding carboxylic acids is 1. The quantitative estimate of drug-likeness (QED) is 0.875. The Labute approximate surface area is 136 Å². The van der Waals surface area contributed by atoms with Crippen molar-refractivity contribution in [2.45, 2.75) is 26.7 Å². The van der Waals surface area contributed by atoms with Crippen LogP contribution in [0.5, 0.6) is 0 Å². The van der Waals surface area contributed by atoms with E-state index < -0.39 is 0 Å². The third-order valence-corrected chi connectivity index (χ3v) is 4.20. The zero-order chi connectivity index (χ0) is 16.2. The number of ketones is 1. The van der Waals surface area contributed by atoms with Crippen molar-refractivity contribution in [1.82, 2.24) is 15.2 Å². The predicted octanol–water partition coefficient (Wildman–Crippen LogP) is 3.05. The number of nitrogens with zero attached hydrogens (tertiary/aromatic N) is 4. The van der Waals surface area contributed by atoms with Crippen LogP contribution in [0.2, 0.25) is 0 Å². The lowest BCUT2D eigenvalue weighted by atomic mass is 9.99. The van der Waals surface area contributed by atoms with E-state index in [0.29, 0.717) is 11.5 Å². The fourth-order valence-electron chi connectivity index (χ4n) is 2.66. The first-order valence-corrected chi connectivity index (χ1v) is 7.94. The van der Waals surface area contributed by atoms with Gasteiger partial charge in [0.2, 0.25) is 5.95 Å². The number of nitrogens with one attached hydrogen (secondary N) is 1. The summed E-state index contributed by atoms with van der Waals surface area (Å²) in [7, 11) is 0. The lowest BCUT2D eigenvalue weighted by molar-refractivity contribution is 0.101. The van der Waals surface area contributed by atoms with E-state index in [1.54, 1.807) is 25.3 Å². The van der Waals surface area contributed by atoms with Crippen LogP contribution in [0.3, 0.4) is 0 Å². The van der Waals surface area contributed by atoms with Crippen molar-refractivity contribution in [1.29, 1.82) is 0 Å². The van der Waals surface area contributed by atoms with Crippen LogP contribution in [0.15, 0.2) is 30.5 Å². The Balaban J connectivity index is 1.71. The molecule has 1 aromatic heterocycles. The number of hydrogen-bond acceptors (Lipinski definition) is 6. The van der Waals surface area contributed by atoms with E-state index in [1.807, 2.05) is 12.1 Å². The van der Waals surface area contributed by atoms with E-state index >= 15 is 0 Å². The average Bonchev–Trinajstić information content (AvgIpc) is 2.56. The highest BCUT2D eigenvalue weighted by Gasteiger charge is 2.17. The first-order chi connectivity index (χ1) is 11.1. The smallest absolute Gasteiger partial charge is 0.249 e. The van der Waals surface area contributed by atoms with Crippen LogP contribution >= 0.6 is 0 Å². The monoisotopic (exact) mass is 311 g/mol. The van der Waals surface area contributed by atoms with E-state index in [4.69, 9.17) is 0 Å². The Morgan fingerprint density at radius 3 is 2.57 bits per heavy atom. The number of anilines is 3. The minimum Gasteiger partial charge on any atom is -0.355 e. The molecule has 2 aromatic rings. The molecule has 6 nitrogen and oxygen atoms in total. The van der Waals surface area contributed by atoms with Gasteiger partial charge in [-0.25, -0.2) is 0 Å². The fourth-order valence-corrected chi connectivity index (χ4v) is 2.66. The molecule has 1 fully saturated rings. The maximum atomic E-state index is 11.3. The van der Waals surface area contributed by atoms with Crippen LogP contribution in [-0.4, -0.2) is 34.1 Å². The highest BCUT2D eigenvalue weighted by molar-refractivity contribution is 5.94. The number of benzene rings is 1. The second-order valence-electron chi connectivity index (χ2n) is 6.07. The van der Waals surface area contributed by atoms with Gasteiger partial charge in [-0.2, -0.15) is 10.1 Å². The Kier molecular flexibility index (Phi) is 4.50. The molecule has 0 amide bonds. The summed E-state index contributed by atoms with van der Waals surface area (Å²) in [6.07, 6.45) is 4.07. The molecular formula is C17H21N5O. The molecule has 1 aliphatic heterocycles. The Morgan fingerprint density at radius 2 is 1.91 bits per heavy atom. The van der Waals surface area contributed by atoms with Gasteiger partial charge in [-0.15, -0.1) is 5.10 Å². The molecule has 1 N–H and O–H groups in total. The van der Waals surface area contributed by atoms with E-state index in [9.17, 15) is 4.79 Å². The Bertz CT molecular complexity index is 678. The molecule has 0 spiro atoms. The molecule has 0 aliphatic carbocycles. The van der Waals surface area contributed by atoms with Crippen molar-refractivity contribution in [3.05, 3.63) is 36.0 Å². The highest BCUT2D eigenvalue weighted by Crippen LogP contribution is 2.22. The molecule has 23 heavy (non-hydrogen) atoms. The van der Waals surface area contributed by atoms with Gasteiger partial charge in [0.1, 0.15) is 0 Å². The number of aromatic nitrogens is 3. The number of carbonyl (C=O) groups is 1. The maximum absolute atomic E-state index is 11.3. The molecule has 120 valence electrons. The van der Waals surface area contributed by atoms with Crippen molar-refractivity contribution >= 4 is 23.2 Å². The number of rotatable bonds is 4. The third kappa shape index (κ3) is 3.83. The summed E-state index contributed by atoms with van der Waals surface area (Å²) >= 11 is 0. The second-order valence-corrected chi connectivity index (χ2v) is 6.07. The summed E-state index contributed by atoms with van der Waals surface area (Å²) in [4.78, 5) is 18.1. The third-order valence-electron chi connectivity index (χ3n) is 4.20. The Morgan fingerprint density at radius 1 is 1.22 bits per heavy atom. The van der Waals surface area contributed by atoms with E-state index in [0.717, 1.165) is 30.5 Å². The van der Waals surface area contributed by atoms with Crippen LogP contribution in [0.4, 0.5) is 17.5 Å². The predicted molar refractivity (Wildman–Crippen MR) is 90.2 cm³/mol. The average molecular weight is 311 g/mol. The molecule has 1 aliphatic rings. The first-order valence-electron chi connectivity index (χ1n) is 7.94. The van der Waals surface area contributed by atoms with Crippen LogP contribution in [-0.2, 0) is 0 Å². The van der Waals surface area contributed by atoms with Crippen molar-refractivity contribution in [2.24, 2.45) is 5.92 Å². The van der Waals surface area contributed by atoms with Gasteiger partial charge in [0.25, 0.3) is 0 Å². The van der Waals surface area contributed by atoms with Gasteiger partial charge in [-0.05, 0) is 49.9 Å². The fraction of sp³-hybridized carbons (Fsp3) is 0.412. The zero-order valence-electron chi connectivity index (χ0n) is 13.5. The van der Waals surface area contributed by atoms with Gasteiger partial charge < -0.3 is 10.2 Å². The van der Waals surface area contributed by atoms with Gasteiger partial charge in [-0.3, -0.25) is 4.79 Å². The zero-order valence-corrected chi connectivity index (χ0v) is 13.5. The van der Waals surface area contributed by atoms with E-state index in [-0.39, 0.29) is 5.78 Å². The number of Topliss-reactive ketones (excluding diaryl/α,β-unsaturated/α-hetero) is 1. The van der Waals surface area contributed by atoms with Gasteiger partial charge in [0, 0.05) is 24.3 Å². The summed E-state index contributed by atoms with van der Waals surface area (Å²) < 4.78 is 0. The largest absolute Gasteiger partial charge is 0.355 e. The van der Waals surface area contributed by atoms with Crippen molar-refractivity contribution < 1.29 is 4.79 Å². The molecule has 1 saturated heterocycles. The molecule has 2 heterocycles. The normalized spacial score (nSPS) is 15.5. The summed E-state index contributed by atoms with van der Waals surface area (Å²) in [5, 5.41) is 11.2. The standard InChI is InChI=1S/C17H21N5O/c1-12-7-9-22(10-8-12)16-11-18-21-17(20-16)19-15-5-3-14(4-6-15)13(2)23/h3-6,11-12H,7-10H2,1-2H3,(H,19,20,21). The summed E-state index contributed by atoms with van der Waals surface area (Å²) in [5.74, 6) is 2.15. The summed E-state index contributed by atoms with van der Waals surface area (Å²) in [6, 6.07) is 7.26. The summed E-state index contributed by atoms with van der Waals surface area (Å²) in [5.41, 5.74) is 1.52. The summed E-state index contributed by atoms with van der Waals surface area (Å²) in [6.45, 7) is 5.85. The van der Waals surface area contributed by atoms with Crippen molar-refractivity contribution in [3.63, 3.8) is 0 Å². The van der Waals surface area contributed by atoms with Crippen LogP contribution in [0, 0.1) is 5.92 Å². The van der Waals surface area contributed by atoms with Crippen molar-refractivity contribution in [2.75, 3.05) is 23.3 Å². The van der Waals surface area contributed by atoms with Gasteiger partial charge in [0.05, 0.1) is 6.20 Å². The van der Waals surface area contributed by atoms with Crippen molar-refractivity contribution in [3.8, 4) is 0 Å². The molecule has 1 aromatic carbocycles. The van der Waals surface area contributed by atoms with Crippen LogP contribution in [0.1, 0.15) is 37.0 Å². The molecule has 0 radical (unpaired) electrons. The molecule has 0 bridgehead atoms. The van der Waals surface area contributed by atoms with Gasteiger partial charge in [-0.1, -0.05) is 6.92 Å². The van der Waals surface area contributed by atoms with E-state index in [2.05, 4.69) is 32.3 Å². The van der Waals surface area contributed by atoms with Crippen LogP contribution in [0.25, 0.3) is 0 Å². The van der Waals surface area contributed by atoms with Crippen LogP contribution < -0.4 is 10.2 Å². The minimum atomic E-state index is 0.0517. The minimum absolute atomic E-state index is 0.0517. The lowest BCUT2D eigenvalue weighted by Gasteiger charge is -2.30. The first kappa shape index (κ1) is 15.4. The maximum Gasteiger partial charge on any atom is 0.249 e. The van der Waals surface area contributed by atoms with Gasteiger partial charge >= 0.3 is 0 Å². The van der Waals surface area contributed by atoms with Gasteiger partial charge in [0.15, 0.2) is 11.6 Å². The number of hydrogen-bond donors (Lipinski definition) is 1. The lowest BCUT2D eigenvalue weighted by Crippen LogP contribution is -2.33. The van der Waals surface area contributed by atoms with E-state index in [1.165, 1.54) is 12.8 Å². The molecule has 6 heteroatoms. The number of piperidine rings is 1. The molecule has 3 rings (SSSR count). The topological polar surface area (TPSA) is 71.0 Å². The second kappa shape index (κ2) is 6.73. The molecule has 0 unspecified atom stereocenters. The molecular weight excluding hydrogens is 290 g/mol. The highest BCUT2D eigenvalue weighted by atomic mass is 16.1. The SMILES string of the molecule is CC(=O)c1ccc(Nc2nncc(N3CCC(C)CC3)n2)cc1. The molecule has 0 saturated carbocycles. The molecule has 0 atom stereocenters. The Hall–Kier alpha value is -2.50.